The van der Waals surface area contributed by atoms with Crippen molar-refractivity contribution in [2.24, 2.45) is 0 Å². The molecule has 1 fully saturated rings. The molecule has 6 heteroatoms. The van der Waals surface area contributed by atoms with Gasteiger partial charge in [0.2, 0.25) is 0 Å². The first-order chi connectivity index (χ1) is 12.2. The largest absolute Gasteiger partial charge is 0.378 e. The Morgan fingerprint density at radius 3 is 2.80 bits per heavy atom. The van der Waals surface area contributed by atoms with E-state index in [9.17, 15) is 4.79 Å². The Hall–Kier alpha value is -2.44. The lowest BCUT2D eigenvalue weighted by Crippen LogP contribution is -2.36. The summed E-state index contributed by atoms with van der Waals surface area (Å²) < 4.78 is 6.47. The van der Waals surface area contributed by atoms with Crippen LogP contribution in [0, 0.1) is 6.92 Å². The number of carbonyl (C=O) groups excluding carboxylic acids is 1. The number of nitrogens with one attached hydrogen (secondary N) is 1. The normalized spacial score (nSPS) is 14.7. The highest BCUT2D eigenvalue weighted by molar-refractivity contribution is 7.22. The molecule has 0 saturated carbocycles. The minimum atomic E-state index is -0.0876. The van der Waals surface area contributed by atoms with E-state index < -0.39 is 0 Å². The minimum Gasteiger partial charge on any atom is -0.378 e. The number of anilines is 2. The maximum atomic E-state index is 12.5. The predicted octanol–water partition coefficient (Wildman–Crippen LogP) is 3.69. The number of benzene rings is 2. The first kappa shape index (κ1) is 16.1. The summed E-state index contributed by atoms with van der Waals surface area (Å²) in [6.07, 6.45) is 0. The molecule has 0 atom stereocenters. The molecule has 25 heavy (non-hydrogen) atoms. The van der Waals surface area contributed by atoms with Crippen molar-refractivity contribution in [3.63, 3.8) is 0 Å². The van der Waals surface area contributed by atoms with Gasteiger partial charge in [0.05, 0.1) is 23.4 Å². The number of aromatic nitrogens is 1. The van der Waals surface area contributed by atoms with Gasteiger partial charge in [-0.1, -0.05) is 29.5 Å². The molecular formula is C19H19N3O2S. The van der Waals surface area contributed by atoms with Crippen molar-refractivity contribution in [2.45, 2.75) is 6.92 Å². The Bertz CT molecular complexity index is 916. The molecule has 0 aliphatic carbocycles. The van der Waals surface area contributed by atoms with E-state index in [2.05, 4.69) is 10.2 Å². The zero-order chi connectivity index (χ0) is 17.2. The third kappa shape index (κ3) is 3.36. The van der Waals surface area contributed by atoms with E-state index in [1.807, 2.05) is 49.4 Å². The average molecular weight is 353 g/mol. The number of morpholine rings is 1. The van der Waals surface area contributed by atoms with Gasteiger partial charge in [-0.15, -0.1) is 0 Å². The number of hydrogen-bond acceptors (Lipinski definition) is 5. The van der Waals surface area contributed by atoms with Crippen molar-refractivity contribution < 1.29 is 9.53 Å². The number of ether oxygens (including phenoxy) is 1. The average Bonchev–Trinajstić information content (AvgIpc) is 3.06. The van der Waals surface area contributed by atoms with Gasteiger partial charge >= 0.3 is 0 Å². The molecule has 0 bridgehead atoms. The van der Waals surface area contributed by atoms with Crippen LogP contribution in [0.1, 0.15) is 15.9 Å². The summed E-state index contributed by atoms with van der Waals surface area (Å²) in [5, 5.41) is 4.00. The predicted molar refractivity (Wildman–Crippen MR) is 102 cm³/mol. The number of nitrogens with zero attached hydrogens (tertiary/aromatic N) is 2. The second-order valence-electron chi connectivity index (χ2n) is 6.05. The number of hydrogen-bond donors (Lipinski definition) is 1. The Morgan fingerprint density at radius 1 is 1.20 bits per heavy atom. The van der Waals surface area contributed by atoms with Gasteiger partial charge in [-0.3, -0.25) is 4.79 Å². The summed E-state index contributed by atoms with van der Waals surface area (Å²) >= 11 is 1.65. The molecule has 0 spiro atoms. The van der Waals surface area contributed by atoms with E-state index in [0.29, 0.717) is 5.56 Å². The van der Waals surface area contributed by atoms with Crippen LogP contribution >= 0.6 is 11.3 Å². The van der Waals surface area contributed by atoms with Crippen LogP contribution in [0.3, 0.4) is 0 Å². The molecule has 5 nitrogen and oxygen atoms in total. The third-order valence-electron chi connectivity index (χ3n) is 4.31. The van der Waals surface area contributed by atoms with Gasteiger partial charge in [0.15, 0.2) is 5.13 Å². The molecule has 128 valence electrons. The Balaban J connectivity index is 1.56. The molecule has 1 aliphatic rings. The fourth-order valence-corrected chi connectivity index (χ4v) is 3.96. The fourth-order valence-electron chi connectivity index (χ4n) is 2.91. The first-order valence-electron chi connectivity index (χ1n) is 8.31. The molecule has 1 aromatic heterocycles. The van der Waals surface area contributed by atoms with Crippen molar-refractivity contribution in [2.75, 3.05) is 36.5 Å². The first-order valence-corrected chi connectivity index (χ1v) is 9.12. The molecule has 4 rings (SSSR count). The highest BCUT2D eigenvalue weighted by Crippen LogP contribution is 2.31. The molecule has 2 aromatic carbocycles. The van der Waals surface area contributed by atoms with Gasteiger partial charge in [-0.2, -0.15) is 0 Å². The van der Waals surface area contributed by atoms with E-state index in [1.54, 1.807) is 11.3 Å². The molecule has 1 N–H and O–H groups in total. The van der Waals surface area contributed by atoms with Gasteiger partial charge < -0.3 is 15.0 Å². The van der Waals surface area contributed by atoms with E-state index in [4.69, 9.17) is 9.72 Å². The number of thiazole rings is 1. The maximum absolute atomic E-state index is 12.5. The zero-order valence-electron chi connectivity index (χ0n) is 14.0. The molecule has 3 aromatic rings. The number of rotatable bonds is 3. The van der Waals surface area contributed by atoms with Crippen molar-refractivity contribution in [1.82, 2.24) is 4.98 Å². The van der Waals surface area contributed by atoms with Gasteiger partial charge in [0.1, 0.15) is 0 Å². The zero-order valence-corrected chi connectivity index (χ0v) is 14.8. The summed E-state index contributed by atoms with van der Waals surface area (Å²) in [5.41, 5.74) is 3.41. The SMILES string of the molecule is Cc1ccccc1C(=O)Nc1ccc2nc(N3CCOCC3)sc2c1. The summed E-state index contributed by atoms with van der Waals surface area (Å²) in [5.74, 6) is -0.0876. The van der Waals surface area contributed by atoms with E-state index >= 15 is 0 Å². The van der Waals surface area contributed by atoms with Crippen LogP contribution in [0.25, 0.3) is 10.2 Å². The molecular weight excluding hydrogens is 334 g/mol. The number of amides is 1. The van der Waals surface area contributed by atoms with Crippen LogP contribution < -0.4 is 10.2 Å². The smallest absolute Gasteiger partial charge is 0.255 e. The molecule has 1 aliphatic heterocycles. The molecule has 1 saturated heterocycles. The van der Waals surface area contributed by atoms with Crippen molar-refractivity contribution in [3.8, 4) is 0 Å². The van der Waals surface area contributed by atoms with Crippen LogP contribution in [0.15, 0.2) is 42.5 Å². The van der Waals surface area contributed by atoms with Crippen LogP contribution in [0.5, 0.6) is 0 Å². The molecule has 0 unspecified atom stereocenters. The lowest BCUT2D eigenvalue weighted by atomic mass is 10.1. The van der Waals surface area contributed by atoms with Crippen molar-refractivity contribution in [1.29, 1.82) is 0 Å². The number of carbonyl (C=O) groups is 1. The summed E-state index contributed by atoms with van der Waals surface area (Å²) in [6, 6.07) is 13.4. The highest BCUT2D eigenvalue weighted by Gasteiger charge is 2.16. The lowest BCUT2D eigenvalue weighted by molar-refractivity contribution is 0.102. The third-order valence-corrected chi connectivity index (χ3v) is 5.39. The summed E-state index contributed by atoms with van der Waals surface area (Å²) in [6.45, 7) is 5.17. The van der Waals surface area contributed by atoms with Crippen molar-refractivity contribution in [3.05, 3.63) is 53.6 Å². The van der Waals surface area contributed by atoms with Crippen LogP contribution in [-0.2, 0) is 4.74 Å². The van der Waals surface area contributed by atoms with E-state index in [-0.39, 0.29) is 5.91 Å². The second-order valence-corrected chi connectivity index (χ2v) is 7.06. The van der Waals surface area contributed by atoms with Gasteiger partial charge in [-0.25, -0.2) is 4.98 Å². The molecule has 2 heterocycles. The van der Waals surface area contributed by atoms with Crippen molar-refractivity contribution >= 4 is 38.3 Å². The van der Waals surface area contributed by atoms with Gasteiger partial charge in [0, 0.05) is 24.3 Å². The Labute approximate surface area is 150 Å². The Morgan fingerprint density at radius 2 is 2.00 bits per heavy atom. The molecule has 0 radical (unpaired) electrons. The number of fused-ring (bicyclic) bond motifs is 1. The number of aryl methyl sites for hydroxylation is 1. The fraction of sp³-hybridized carbons (Fsp3) is 0.263. The lowest BCUT2D eigenvalue weighted by Gasteiger charge is -2.25. The van der Waals surface area contributed by atoms with Crippen LogP contribution in [-0.4, -0.2) is 37.2 Å². The second kappa shape index (κ2) is 6.82. The standard InChI is InChI=1S/C19H19N3O2S/c1-13-4-2-3-5-15(13)18(23)20-14-6-7-16-17(12-14)25-19(21-16)22-8-10-24-11-9-22/h2-7,12H,8-11H2,1H3,(H,20,23). The summed E-state index contributed by atoms with van der Waals surface area (Å²) in [7, 11) is 0. The van der Waals surface area contributed by atoms with E-state index in [1.165, 1.54) is 0 Å². The topological polar surface area (TPSA) is 54.5 Å². The quantitative estimate of drug-likeness (QED) is 0.780. The van der Waals surface area contributed by atoms with E-state index in [0.717, 1.165) is 52.9 Å². The van der Waals surface area contributed by atoms with Gasteiger partial charge in [0.25, 0.3) is 5.91 Å². The minimum absolute atomic E-state index is 0.0876. The monoisotopic (exact) mass is 353 g/mol. The maximum Gasteiger partial charge on any atom is 0.255 e. The van der Waals surface area contributed by atoms with Crippen LogP contribution in [0.4, 0.5) is 10.8 Å². The molecule has 1 amide bonds. The van der Waals surface area contributed by atoms with Crippen LogP contribution in [0.2, 0.25) is 0 Å². The van der Waals surface area contributed by atoms with Gasteiger partial charge in [-0.05, 0) is 36.8 Å². The summed E-state index contributed by atoms with van der Waals surface area (Å²) in [4.78, 5) is 19.4. The highest BCUT2D eigenvalue weighted by atomic mass is 32.1. The Kier molecular flexibility index (Phi) is 4.38.